The van der Waals surface area contributed by atoms with E-state index in [-0.39, 0.29) is 31.6 Å². The van der Waals surface area contributed by atoms with Gasteiger partial charge < -0.3 is 9.47 Å². The molecule has 1 fully saturated rings. The van der Waals surface area contributed by atoms with E-state index in [1.54, 1.807) is 0 Å². The second kappa shape index (κ2) is 4.58. The molecule has 0 radical (unpaired) electrons. The zero-order chi connectivity index (χ0) is 6.69. The van der Waals surface area contributed by atoms with Gasteiger partial charge in [-0.1, -0.05) is 6.58 Å². The van der Waals surface area contributed by atoms with Crippen LogP contribution in [0.2, 0.25) is 0 Å². The Morgan fingerprint density at radius 2 is 2.50 bits per heavy atom. The summed E-state index contributed by atoms with van der Waals surface area (Å²) in [6.45, 7) is 4.32. The Morgan fingerprint density at radius 1 is 1.90 bits per heavy atom. The van der Waals surface area contributed by atoms with Crippen LogP contribution in [-0.2, 0) is 33.7 Å². The third-order valence-corrected chi connectivity index (χ3v) is 0.981. The van der Waals surface area contributed by atoms with E-state index in [1.807, 2.05) is 0 Å². The van der Waals surface area contributed by atoms with E-state index < -0.39 is 0 Å². The largest absolute Gasteiger partial charge is 0.460 e. The molecule has 0 amide bonds. The van der Waals surface area contributed by atoms with Gasteiger partial charge in [-0.3, -0.25) is 0 Å². The Morgan fingerprint density at radius 3 is 2.90 bits per heavy atom. The average molecular weight is 229 g/mol. The summed E-state index contributed by atoms with van der Waals surface area (Å²) < 4.78 is 9.42. The van der Waals surface area contributed by atoms with Crippen LogP contribution in [0, 0.1) is 0 Å². The summed E-state index contributed by atoms with van der Waals surface area (Å²) in [5, 5.41) is 0. The number of rotatable bonds is 3. The molecule has 0 aromatic rings. The Bertz CT molecular complexity index is 131. The van der Waals surface area contributed by atoms with Gasteiger partial charge in [-0.25, -0.2) is 4.79 Å². The van der Waals surface area contributed by atoms with E-state index in [1.165, 1.54) is 0 Å². The quantitative estimate of drug-likeness (QED) is 0.298. The summed E-state index contributed by atoms with van der Waals surface area (Å²) in [6.07, 6.45) is 1.29. The second-order valence-electron chi connectivity index (χ2n) is 1.79. The summed E-state index contributed by atoms with van der Waals surface area (Å²) in [7, 11) is 0. The molecule has 0 N–H and O–H groups in total. The monoisotopic (exact) mass is 230 g/mol. The molecular weight excluding hydrogens is 221 g/mol. The predicted octanol–water partition coefficient (Wildman–Crippen LogP) is 0.112. The summed E-state index contributed by atoms with van der Waals surface area (Å²) in [5.41, 5.74) is 0. The van der Waals surface area contributed by atoms with Crippen molar-refractivity contribution in [1.82, 2.24) is 0 Å². The molecule has 0 aromatic heterocycles. The minimum absolute atomic E-state index is 0. The number of carbonyl (C=O) groups is 1. The van der Waals surface area contributed by atoms with Gasteiger partial charge in [-0.05, 0) is 0 Å². The molecule has 0 spiro atoms. The summed E-state index contributed by atoms with van der Waals surface area (Å²) in [5.74, 6) is -0.384. The summed E-state index contributed by atoms with van der Waals surface area (Å²) >= 11 is 0. The van der Waals surface area contributed by atoms with E-state index in [0.29, 0.717) is 13.2 Å². The molecule has 3 nitrogen and oxygen atoms in total. The van der Waals surface area contributed by atoms with E-state index in [4.69, 9.17) is 4.74 Å². The van der Waals surface area contributed by atoms with Crippen molar-refractivity contribution >= 4 is 5.97 Å². The number of carbonyl (C=O) groups excluding carboxylic acids is 1. The molecule has 1 heterocycles. The van der Waals surface area contributed by atoms with Gasteiger partial charge in [0.25, 0.3) is 0 Å². The Balaban J connectivity index is 0.000000810. The minimum Gasteiger partial charge on any atom is -0.460 e. The van der Waals surface area contributed by atoms with Crippen LogP contribution in [-0.4, -0.2) is 25.3 Å². The van der Waals surface area contributed by atoms with Gasteiger partial charge in [0.2, 0.25) is 0 Å². The van der Waals surface area contributed by atoms with Crippen molar-refractivity contribution in [2.75, 3.05) is 13.2 Å². The van der Waals surface area contributed by atoms with Crippen LogP contribution >= 0.6 is 0 Å². The number of epoxide rings is 1. The van der Waals surface area contributed by atoms with E-state index >= 15 is 0 Å². The molecule has 1 aliphatic rings. The van der Waals surface area contributed by atoms with Crippen molar-refractivity contribution in [1.29, 1.82) is 0 Å². The second-order valence-corrected chi connectivity index (χ2v) is 1.79. The van der Waals surface area contributed by atoms with E-state index in [2.05, 4.69) is 11.3 Å². The molecule has 0 aromatic carbocycles. The van der Waals surface area contributed by atoms with Crippen LogP contribution in [0.1, 0.15) is 0 Å². The van der Waals surface area contributed by atoms with Gasteiger partial charge in [-0.15, -0.1) is 0 Å². The summed E-state index contributed by atoms with van der Waals surface area (Å²) in [4.78, 5) is 10.3. The van der Waals surface area contributed by atoms with Crippen molar-refractivity contribution < 1.29 is 33.7 Å². The van der Waals surface area contributed by atoms with Crippen molar-refractivity contribution in [3.8, 4) is 0 Å². The van der Waals surface area contributed by atoms with Crippen LogP contribution in [0.4, 0.5) is 0 Å². The fourth-order valence-corrected chi connectivity index (χ4v) is 0.398. The molecule has 1 unspecified atom stereocenters. The van der Waals surface area contributed by atoms with Gasteiger partial charge in [0.1, 0.15) is 12.7 Å². The number of hydrogen-bond acceptors (Lipinski definition) is 3. The van der Waals surface area contributed by atoms with Gasteiger partial charge in [-0.2, -0.15) is 0 Å². The van der Waals surface area contributed by atoms with Gasteiger partial charge in [0, 0.05) is 25.6 Å². The standard InChI is InChI=1S/C6H8O3.Ru/c1-2-6(7)9-4-5-3-8-5;/h2,5H,1,3-4H2;. The zero-order valence-corrected chi connectivity index (χ0v) is 7.09. The SMILES string of the molecule is C=CC(=O)OCC1CO1.[Ru]. The van der Waals surface area contributed by atoms with Crippen molar-refractivity contribution in [3.63, 3.8) is 0 Å². The normalized spacial score (nSPS) is 20.6. The first kappa shape index (κ1) is 9.79. The molecule has 1 aliphatic heterocycles. The third-order valence-electron chi connectivity index (χ3n) is 0.981. The van der Waals surface area contributed by atoms with Crippen LogP contribution in [0.15, 0.2) is 12.7 Å². The first-order valence-corrected chi connectivity index (χ1v) is 2.73. The van der Waals surface area contributed by atoms with Crippen LogP contribution in [0.25, 0.3) is 0 Å². The minimum atomic E-state index is -0.384. The molecule has 58 valence electrons. The molecule has 4 heteroatoms. The number of esters is 1. The molecule has 1 saturated heterocycles. The molecular formula is C6H8O3Ru. The molecule has 0 bridgehead atoms. The Labute approximate surface area is 72.1 Å². The third kappa shape index (κ3) is 3.75. The number of ether oxygens (including phenoxy) is 2. The van der Waals surface area contributed by atoms with Crippen molar-refractivity contribution in [2.45, 2.75) is 6.10 Å². The average Bonchev–Trinajstić information content (AvgIpc) is 2.65. The maximum atomic E-state index is 10.3. The van der Waals surface area contributed by atoms with Crippen LogP contribution < -0.4 is 0 Å². The van der Waals surface area contributed by atoms with Crippen molar-refractivity contribution in [2.24, 2.45) is 0 Å². The smallest absolute Gasteiger partial charge is 0.330 e. The van der Waals surface area contributed by atoms with Crippen LogP contribution in [0.3, 0.4) is 0 Å². The number of hydrogen-bond donors (Lipinski definition) is 0. The first-order chi connectivity index (χ1) is 4.33. The molecule has 0 aliphatic carbocycles. The van der Waals surface area contributed by atoms with Crippen molar-refractivity contribution in [3.05, 3.63) is 12.7 Å². The van der Waals surface area contributed by atoms with Gasteiger partial charge in [0.15, 0.2) is 0 Å². The maximum Gasteiger partial charge on any atom is 0.330 e. The maximum absolute atomic E-state index is 10.3. The van der Waals surface area contributed by atoms with Gasteiger partial charge in [0.05, 0.1) is 6.61 Å². The molecule has 0 saturated carbocycles. The van der Waals surface area contributed by atoms with Gasteiger partial charge >= 0.3 is 5.97 Å². The molecule has 1 rings (SSSR count). The molecule has 10 heavy (non-hydrogen) atoms. The zero-order valence-electron chi connectivity index (χ0n) is 5.35. The fraction of sp³-hybridized carbons (Fsp3) is 0.500. The fourth-order valence-electron chi connectivity index (χ4n) is 0.398. The first-order valence-electron chi connectivity index (χ1n) is 2.73. The Hall–Kier alpha value is -0.207. The predicted molar refractivity (Wildman–Crippen MR) is 30.9 cm³/mol. The van der Waals surface area contributed by atoms with E-state index in [9.17, 15) is 4.79 Å². The topological polar surface area (TPSA) is 38.8 Å². The van der Waals surface area contributed by atoms with E-state index in [0.717, 1.165) is 6.08 Å². The molecule has 1 atom stereocenters. The summed E-state index contributed by atoms with van der Waals surface area (Å²) in [6, 6.07) is 0. The Kier molecular flexibility index (Phi) is 4.49. The van der Waals surface area contributed by atoms with Crippen LogP contribution in [0.5, 0.6) is 0 Å².